The fraction of sp³-hybridized carbons (Fsp3) is 0.217. The van der Waals surface area contributed by atoms with Crippen molar-refractivity contribution in [3.05, 3.63) is 86.1 Å². The summed E-state index contributed by atoms with van der Waals surface area (Å²) in [7, 11) is 0. The number of carbonyl (C=O) groups excluding carboxylic acids is 1. The first-order valence-electron chi connectivity index (χ1n) is 9.99. The molecule has 2 N–H and O–H groups in total. The Labute approximate surface area is 183 Å². The molecule has 0 aliphatic carbocycles. The topological polar surface area (TPSA) is 97.0 Å². The zero-order valence-electron chi connectivity index (χ0n) is 17.1. The molecule has 0 aliphatic heterocycles. The van der Waals surface area contributed by atoms with Gasteiger partial charge in [-0.15, -0.1) is 0 Å². The molecule has 0 radical (unpaired) electrons. The Morgan fingerprint density at radius 3 is 2.74 bits per heavy atom. The summed E-state index contributed by atoms with van der Waals surface area (Å²) in [6.07, 6.45) is 1.37. The monoisotopic (exact) mass is 434 g/mol. The van der Waals surface area contributed by atoms with E-state index in [1.165, 1.54) is 0 Å². The largest absolute Gasteiger partial charge is 0.489 e. The number of fused-ring (bicyclic) bond motifs is 1. The number of hydrogen-bond acceptors (Lipinski definition) is 6. The predicted molar refractivity (Wildman–Crippen MR) is 121 cm³/mol. The third-order valence-corrected chi connectivity index (χ3v) is 5.58. The lowest BCUT2D eigenvalue weighted by Crippen LogP contribution is -2.24. The number of pyridine rings is 1. The fourth-order valence-electron chi connectivity index (χ4n) is 3.29. The number of hydrogen-bond donors (Lipinski definition) is 2. The first-order valence-corrected chi connectivity index (χ1v) is 10.8. The molecular formula is C23H22N4O3S. The van der Waals surface area contributed by atoms with E-state index >= 15 is 0 Å². The Hall–Kier alpha value is -3.52. The number of ether oxygens (including phenoxy) is 1. The Morgan fingerprint density at radius 1 is 1.16 bits per heavy atom. The van der Waals surface area contributed by atoms with Crippen molar-refractivity contribution < 1.29 is 9.53 Å². The highest BCUT2D eigenvalue weighted by Gasteiger charge is 2.08. The highest BCUT2D eigenvalue weighted by molar-refractivity contribution is 7.08. The smallest absolute Gasteiger partial charge is 0.322 e. The second-order valence-electron chi connectivity index (χ2n) is 7.12. The average Bonchev–Trinajstić information content (AvgIpc) is 3.20. The van der Waals surface area contributed by atoms with E-state index in [0.29, 0.717) is 37.3 Å². The highest BCUT2D eigenvalue weighted by atomic mass is 32.1. The maximum absolute atomic E-state index is 12.3. The van der Waals surface area contributed by atoms with Crippen molar-refractivity contribution in [3.63, 3.8) is 0 Å². The maximum atomic E-state index is 12.3. The molecule has 7 nitrogen and oxygen atoms in total. The summed E-state index contributed by atoms with van der Waals surface area (Å²) in [5.74, 6) is 0.557. The van der Waals surface area contributed by atoms with Crippen molar-refractivity contribution in [1.82, 2.24) is 20.5 Å². The fourth-order valence-corrected chi connectivity index (χ4v) is 3.93. The van der Waals surface area contributed by atoms with Gasteiger partial charge in [-0.05, 0) is 49.7 Å². The second-order valence-corrected chi connectivity index (χ2v) is 8.17. The van der Waals surface area contributed by atoms with E-state index in [2.05, 4.69) is 20.5 Å². The van der Waals surface area contributed by atoms with Crippen LogP contribution in [0.5, 0.6) is 5.75 Å². The molecule has 0 fully saturated rings. The summed E-state index contributed by atoms with van der Waals surface area (Å²) >= 11 is 1.10. The van der Waals surface area contributed by atoms with Crippen molar-refractivity contribution >= 4 is 28.1 Å². The number of amides is 1. The van der Waals surface area contributed by atoms with Crippen LogP contribution in [-0.2, 0) is 13.0 Å². The summed E-state index contributed by atoms with van der Waals surface area (Å²) in [5, 5.41) is 11.0. The number of para-hydroxylation sites is 1. The van der Waals surface area contributed by atoms with Crippen LogP contribution >= 0.6 is 11.3 Å². The molecule has 0 unspecified atom stereocenters. The number of aromatic amines is 1. The van der Waals surface area contributed by atoms with Crippen LogP contribution in [0, 0.1) is 6.92 Å². The molecule has 0 aliphatic rings. The van der Waals surface area contributed by atoms with Crippen molar-refractivity contribution in [1.29, 1.82) is 0 Å². The zero-order chi connectivity index (χ0) is 21.6. The number of rotatable bonds is 8. The molecular weight excluding hydrogens is 412 g/mol. The maximum Gasteiger partial charge on any atom is 0.322 e. The minimum atomic E-state index is -0.159. The normalized spacial score (nSPS) is 10.9. The Kier molecular flexibility index (Phi) is 6.37. The third kappa shape index (κ3) is 5.35. The molecule has 2 heterocycles. The summed E-state index contributed by atoms with van der Waals surface area (Å²) in [6, 6.07) is 17.1. The summed E-state index contributed by atoms with van der Waals surface area (Å²) in [5.41, 5.74) is 3.55. The van der Waals surface area contributed by atoms with Crippen LogP contribution in [0.4, 0.5) is 0 Å². The van der Waals surface area contributed by atoms with Gasteiger partial charge in [-0.3, -0.25) is 14.6 Å². The predicted octanol–water partition coefficient (Wildman–Crippen LogP) is 3.63. The molecule has 31 heavy (non-hydrogen) atoms. The van der Waals surface area contributed by atoms with Gasteiger partial charge in [-0.25, -0.2) is 5.10 Å². The van der Waals surface area contributed by atoms with Crippen molar-refractivity contribution in [3.8, 4) is 5.75 Å². The number of nitrogens with one attached hydrogen (secondary N) is 2. The molecule has 8 heteroatoms. The minimum absolute atomic E-state index is 0.141. The van der Waals surface area contributed by atoms with Gasteiger partial charge in [0, 0.05) is 35.2 Å². The summed E-state index contributed by atoms with van der Waals surface area (Å²) < 4.78 is 5.95. The van der Waals surface area contributed by atoms with Crippen molar-refractivity contribution in [2.45, 2.75) is 26.4 Å². The van der Waals surface area contributed by atoms with E-state index < -0.39 is 0 Å². The van der Waals surface area contributed by atoms with Crippen LogP contribution in [0.15, 0.2) is 59.4 Å². The van der Waals surface area contributed by atoms with Gasteiger partial charge in [-0.2, -0.15) is 5.10 Å². The molecule has 4 rings (SSSR count). The molecule has 1 amide bonds. The highest BCUT2D eigenvalue weighted by Crippen LogP contribution is 2.21. The Morgan fingerprint density at radius 2 is 1.97 bits per heavy atom. The third-order valence-electron chi connectivity index (χ3n) is 4.78. The number of aryl methyl sites for hydroxylation is 2. The van der Waals surface area contributed by atoms with Crippen LogP contribution in [0.1, 0.15) is 33.0 Å². The van der Waals surface area contributed by atoms with Gasteiger partial charge in [0.25, 0.3) is 5.91 Å². The molecule has 0 spiro atoms. The van der Waals surface area contributed by atoms with E-state index in [1.807, 2.05) is 37.3 Å². The van der Waals surface area contributed by atoms with Gasteiger partial charge in [0.05, 0.1) is 5.52 Å². The SMILES string of the molecule is Cc1cc(COc2ccc(C(=O)NCCCc3n[nH]c(=O)s3)cc2)c2ccccc2n1. The van der Waals surface area contributed by atoms with Crippen LogP contribution in [0.2, 0.25) is 0 Å². The van der Waals surface area contributed by atoms with Gasteiger partial charge in [0.1, 0.15) is 17.4 Å². The van der Waals surface area contributed by atoms with E-state index in [-0.39, 0.29) is 10.8 Å². The van der Waals surface area contributed by atoms with Gasteiger partial charge in [-0.1, -0.05) is 29.5 Å². The summed E-state index contributed by atoms with van der Waals surface area (Å²) in [4.78, 5) is 27.8. The van der Waals surface area contributed by atoms with Gasteiger partial charge in [0.2, 0.25) is 0 Å². The average molecular weight is 435 g/mol. The quantitative estimate of drug-likeness (QED) is 0.413. The number of aromatic nitrogens is 3. The van der Waals surface area contributed by atoms with Crippen LogP contribution in [0.25, 0.3) is 10.9 Å². The van der Waals surface area contributed by atoms with E-state index in [0.717, 1.165) is 38.5 Å². The number of benzene rings is 2. The Bertz CT molecular complexity index is 1250. The molecule has 158 valence electrons. The zero-order valence-corrected chi connectivity index (χ0v) is 17.9. The second kappa shape index (κ2) is 9.53. The van der Waals surface area contributed by atoms with Crippen LogP contribution in [-0.4, -0.2) is 27.6 Å². The van der Waals surface area contributed by atoms with E-state index in [1.54, 1.807) is 24.3 Å². The standard InChI is InChI=1S/C23H22N4O3S/c1-15-13-17(19-5-2-3-6-20(19)25-15)14-30-18-10-8-16(9-11-18)22(28)24-12-4-7-21-26-27-23(29)31-21/h2-3,5-6,8-11,13H,4,7,12,14H2,1H3,(H,24,28)(H,27,29). The molecule has 0 bridgehead atoms. The molecule has 0 atom stereocenters. The molecule has 0 saturated heterocycles. The van der Waals surface area contributed by atoms with Crippen LogP contribution < -0.4 is 14.9 Å². The lowest BCUT2D eigenvalue weighted by Gasteiger charge is -2.11. The molecule has 4 aromatic rings. The van der Waals surface area contributed by atoms with Crippen molar-refractivity contribution in [2.24, 2.45) is 0 Å². The van der Waals surface area contributed by atoms with Gasteiger partial charge >= 0.3 is 4.87 Å². The first-order chi connectivity index (χ1) is 15.1. The molecule has 2 aromatic heterocycles. The summed E-state index contributed by atoms with van der Waals surface area (Å²) in [6.45, 7) is 2.91. The van der Waals surface area contributed by atoms with E-state index in [4.69, 9.17) is 4.74 Å². The lowest BCUT2D eigenvalue weighted by molar-refractivity contribution is 0.0953. The van der Waals surface area contributed by atoms with Crippen molar-refractivity contribution in [2.75, 3.05) is 6.54 Å². The minimum Gasteiger partial charge on any atom is -0.489 e. The number of carbonyl (C=O) groups is 1. The number of H-pyrrole nitrogens is 1. The Balaban J connectivity index is 1.30. The first kappa shape index (κ1) is 20.7. The van der Waals surface area contributed by atoms with Crippen LogP contribution in [0.3, 0.4) is 0 Å². The van der Waals surface area contributed by atoms with E-state index in [9.17, 15) is 9.59 Å². The van der Waals surface area contributed by atoms with Gasteiger partial charge < -0.3 is 10.1 Å². The number of nitrogens with zero attached hydrogens (tertiary/aromatic N) is 2. The molecule has 0 saturated carbocycles. The lowest BCUT2D eigenvalue weighted by atomic mass is 10.1. The van der Waals surface area contributed by atoms with Gasteiger partial charge in [0.15, 0.2) is 0 Å². The molecule has 2 aromatic carbocycles.